The molecule has 3 rings (SSSR count). The molecule has 26 heavy (non-hydrogen) atoms. The smallest absolute Gasteiger partial charge is 0.227 e. The van der Waals surface area contributed by atoms with Gasteiger partial charge in [-0.25, -0.2) is 0 Å². The second kappa shape index (κ2) is 7.76. The number of carbonyl (C=O) groups excluding carboxylic acids is 3. The highest BCUT2D eigenvalue weighted by Gasteiger charge is 2.25. The normalized spacial score (nSPS) is 17.3. The molecule has 0 atom stereocenters. The monoisotopic (exact) mass is 359 g/mol. The van der Waals surface area contributed by atoms with Crippen LogP contribution in [0.4, 0.5) is 5.69 Å². The number of nitrogens with zero attached hydrogens (tertiary/aromatic N) is 2. The van der Waals surface area contributed by atoms with E-state index in [9.17, 15) is 14.4 Å². The fourth-order valence-electron chi connectivity index (χ4n) is 3.20. The average molecular weight is 359 g/mol. The molecule has 0 radical (unpaired) electrons. The standard InChI is InChI=1S/C19H25N3O4/c1-13(2)19(25)22-8-6-21(7-9-22)18(24)12-14-3-4-16-15(11-14)20-17(23)5-10-26-16/h3-4,11,13H,5-10,12H2,1-2H3,(H,20,23). The van der Waals surface area contributed by atoms with Gasteiger partial charge in [-0.05, 0) is 17.7 Å². The van der Waals surface area contributed by atoms with E-state index in [2.05, 4.69) is 5.32 Å². The highest BCUT2D eigenvalue weighted by molar-refractivity contribution is 5.93. The second-order valence-electron chi connectivity index (χ2n) is 7.01. The number of nitrogens with one attached hydrogen (secondary N) is 1. The van der Waals surface area contributed by atoms with Crippen molar-refractivity contribution >= 4 is 23.4 Å². The molecule has 0 saturated carbocycles. The van der Waals surface area contributed by atoms with Gasteiger partial charge in [-0.15, -0.1) is 0 Å². The van der Waals surface area contributed by atoms with E-state index in [-0.39, 0.29) is 30.1 Å². The van der Waals surface area contributed by atoms with E-state index in [1.807, 2.05) is 24.8 Å². The van der Waals surface area contributed by atoms with Crippen molar-refractivity contribution < 1.29 is 19.1 Å². The lowest BCUT2D eigenvalue weighted by Crippen LogP contribution is -2.51. The third-order valence-electron chi connectivity index (χ3n) is 4.70. The van der Waals surface area contributed by atoms with Crippen molar-refractivity contribution in [1.29, 1.82) is 0 Å². The molecule has 1 saturated heterocycles. The van der Waals surface area contributed by atoms with E-state index in [1.54, 1.807) is 17.0 Å². The molecule has 0 spiro atoms. The molecule has 1 aromatic carbocycles. The van der Waals surface area contributed by atoms with Gasteiger partial charge in [0, 0.05) is 32.1 Å². The minimum absolute atomic E-state index is 0.0192. The van der Waals surface area contributed by atoms with Crippen LogP contribution in [0.2, 0.25) is 0 Å². The first-order chi connectivity index (χ1) is 12.4. The van der Waals surface area contributed by atoms with Crippen LogP contribution in [-0.4, -0.2) is 60.3 Å². The van der Waals surface area contributed by atoms with Gasteiger partial charge in [-0.3, -0.25) is 14.4 Å². The fraction of sp³-hybridized carbons (Fsp3) is 0.526. The Kier molecular flexibility index (Phi) is 5.44. The van der Waals surface area contributed by atoms with Gasteiger partial charge in [-0.2, -0.15) is 0 Å². The van der Waals surface area contributed by atoms with Gasteiger partial charge >= 0.3 is 0 Å². The Morgan fingerprint density at radius 1 is 1.15 bits per heavy atom. The first kappa shape index (κ1) is 18.2. The summed E-state index contributed by atoms with van der Waals surface area (Å²) < 4.78 is 5.53. The molecular weight excluding hydrogens is 334 g/mol. The Hall–Kier alpha value is -2.57. The summed E-state index contributed by atoms with van der Waals surface area (Å²) in [4.78, 5) is 39.9. The molecule has 7 heteroatoms. The fourth-order valence-corrected chi connectivity index (χ4v) is 3.20. The van der Waals surface area contributed by atoms with Crippen LogP contribution in [0.5, 0.6) is 5.75 Å². The second-order valence-corrected chi connectivity index (χ2v) is 7.01. The summed E-state index contributed by atoms with van der Waals surface area (Å²) in [5, 5.41) is 2.81. The number of piperazine rings is 1. The molecule has 140 valence electrons. The quantitative estimate of drug-likeness (QED) is 0.882. The molecule has 0 aromatic heterocycles. The van der Waals surface area contributed by atoms with Gasteiger partial charge in [0.25, 0.3) is 0 Å². The van der Waals surface area contributed by atoms with Gasteiger partial charge in [0.2, 0.25) is 17.7 Å². The van der Waals surface area contributed by atoms with Gasteiger partial charge in [0.05, 0.1) is 25.1 Å². The SMILES string of the molecule is CC(C)C(=O)N1CCN(C(=O)Cc2ccc3c(c2)NC(=O)CCO3)CC1. The molecule has 2 heterocycles. The van der Waals surface area contributed by atoms with E-state index in [0.29, 0.717) is 50.6 Å². The maximum atomic E-state index is 12.6. The molecule has 0 bridgehead atoms. The van der Waals surface area contributed by atoms with Crippen molar-refractivity contribution in [2.45, 2.75) is 26.7 Å². The number of ether oxygens (including phenoxy) is 1. The van der Waals surface area contributed by atoms with Crippen LogP contribution in [0.3, 0.4) is 0 Å². The van der Waals surface area contributed by atoms with Gasteiger partial charge < -0.3 is 19.9 Å². The largest absolute Gasteiger partial charge is 0.491 e. The number of fused-ring (bicyclic) bond motifs is 1. The van der Waals surface area contributed by atoms with Crippen molar-refractivity contribution in [1.82, 2.24) is 9.80 Å². The Morgan fingerprint density at radius 3 is 2.54 bits per heavy atom. The number of amides is 3. The maximum Gasteiger partial charge on any atom is 0.227 e. The van der Waals surface area contributed by atoms with Crippen molar-refractivity contribution in [3.8, 4) is 5.75 Å². The number of anilines is 1. The zero-order valence-corrected chi connectivity index (χ0v) is 15.3. The summed E-state index contributed by atoms with van der Waals surface area (Å²) in [6.45, 7) is 6.41. The number of rotatable bonds is 3. The van der Waals surface area contributed by atoms with E-state index < -0.39 is 0 Å². The van der Waals surface area contributed by atoms with Crippen LogP contribution in [0.25, 0.3) is 0 Å². The topological polar surface area (TPSA) is 79.0 Å². The zero-order valence-electron chi connectivity index (χ0n) is 15.3. The number of hydrogen-bond acceptors (Lipinski definition) is 4. The third-order valence-corrected chi connectivity index (χ3v) is 4.70. The predicted octanol–water partition coefficient (Wildman–Crippen LogP) is 1.28. The lowest BCUT2D eigenvalue weighted by atomic mass is 10.1. The van der Waals surface area contributed by atoms with Crippen molar-refractivity contribution in [3.63, 3.8) is 0 Å². The highest BCUT2D eigenvalue weighted by Crippen LogP contribution is 2.28. The number of carbonyl (C=O) groups is 3. The van der Waals surface area contributed by atoms with Crippen LogP contribution in [-0.2, 0) is 20.8 Å². The van der Waals surface area contributed by atoms with Gasteiger partial charge in [-0.1, -0.05) is 19.9 Å². The van der Waals surface area contributed by atoms with Crippen LogP contribution >= 0.6 is 0 Å². The average Bonchev–Trinajstić information content (AvgIpc) is 2.81. The maximum absolute atomic E-state index is 12.6. The van der Waals surface area contributed by atoms with E-state index in [4.69, 9.17) is 4.74 Å². The predicted molar refractivity (Wildman–Crippen MR) is 96.9 cm³/mol. The molecule has 2 aliphatic rings. The van der Waals surface area contributed by atoms with Crippen molar-refractivity contribution in [3.05, 3.63) is 23.8 Å². The van der Waals surface area contributed by atoms with Crippen LogP contribution in [0.1, 0.15) is 25.8 Å². The van der Waals surface area contributed by atoms with Crippen molar-refractivity contribution in [2.24, 2.45) is 5.92 Å². The molecule has 0 unspecified atom stereocenters. The summed E-state index contributed by atoms with van der Waals surface area (Å²) in [5.41, 5.74) is 1.45. The minimum atomic E-state index is -0.0850. The molecule has 2 aliphatic heterocycles. The molecular formula is C19H25N3O4. The lowest BCUT2D eigenvalue weighted by Gasteiger charge is -2.35. The van der Waals surface area contributed by atoms with Crippen LogP contribution in [0.15, 0.2) is 18.2 Å². The summed E-state index contributed by atoms with van der Waals surface area (Å²) in [6, 6.07) is 5.45. The Bertz CT molecular complexity index is 709. The van der Waals surface area contributed by atoms with E-state index >= 15 is 0 Å². The van der Waals surface area contributed by atoms with Gasteiger partial charge in [0.15, 0.2) is 0 Å². The van der Waals surface area contributed by atoms with Crippen molar-refractivity contribution in [2.75, 3.05) is 38.1 Å². The van der Waals surface area contributed by atoms with Gasteiger partial charge in [0.1, 0.15) is 5.75 Å². The van der Waals surface area contributed by atoms with Crippen LogP contribution in [0, 0.1) is 5.92 Å². The Morgan fingerprint density at radius 2 is 1.85 bits per heavy atom. The zero-order chi connectivity index (χ0) is 18.7. The molecule has 7 nitrogen and oxygen atoms in total. The Balaban J connectivity index is 1.59. The first-order valence-corrected chi connectivity index (χ1v) is 9.06. The summed E-state index contributed by atoms with van der Waals surface area (Å²) in [7, 11) is 0. The number of hydrogen-bond donors (Lipinski definition) is 1. The Labute approximate surface area is 153 Å². The summed E-state index contributed by atoms with van der Waals surface area (Å²) in [5.74, 6) is 0.696. The van der Waals surface area contributed by atoms with E-state index in [0.717, 1.165) is 5.56 Å². The first-order valence-electron chi connectivity index (χ1n) is 9.06. The molecule has 3 amide bonds. The summed E-state index contributed by atoms with van der Waals surface area (Å²) in [6.07, 6.45) is 0.587. The highest BCUT2D eigenvalue weighted by atomic mass is 16.5. The molecule has 1 fully saturated rings. The lowest BCUT2D eigenvalue weighted by molar-refractivity contribution is -0.141. The molecule has 1 N–H and O–H groups in total. The molecule has 1 aromatic rings. The minimum Gasteiger partial charge on any atom is -0.491 e. The van der Waals surface area contributed by atoms with Crippen LogP contribution < -0.4 is 10.1 Å². The summed E-state index contributed by atoms with van der Waals surface area (Å²) >= 11 is 0. The number of benzene rings is 1. The third kappa shape index (κ3) is 4.15. The molecule has 0 aliphatic carbocycles. The van der Waals surface area contributed by atoms with E-state index in [1.165, 1.54) is 0 Å².